The molecule has 0 N–H and O–H groups in total. The Morgan fingerprint density at radius 1 is 0.762 bits per heavy atom. The van der Waals surface area contributed by atoms with E-state index in [4.69, 9.17) is 0 Å². The molecule has 0 heterocycles. The minimum atomic E-state index is -0.862. The van der Waals surface area contributed by atoms with Gasteiger partial charge in [-0.1, -0.05) is 45.3 Å². The summed E-state index contributed by atoms with van der Waals surface area (Å²) in [6.45, 7) is 14.4. The molecule has 3 heteroatoms. The number of rotatable bonds is 4. The van der Waals surface area contributed by atoms with Gasteiger partial charge in [0.25, 0.3) is 0 Å². The summed E-state index contributed by atoms with van der Waals surface area (Å²) < 4.78 is 0. The molecule has 0 radical (unpaired) electrons. The van der Waals surface area contributed by atoms with Crippen LogP contribution in [-0.4, -0.2) is 16.1 Å². The minimum Gasteiger partial charge on any atom is -0.748 e. The van der Waals surface area contributed by atoms with Crippen molar-refractivity contribution in [2.45, 2.75) is 51.4 Å². The van der Waals surface area contributed by atoms with E-state index in [0.717, 1.165) is 0 Å². The van der Waals surface area contributed by atoms with Crippen molar-refractivity contribution in [2.75, 3.05) is 0 Å². The third-order valence-corrected chi connectivity index (χ3v) is 5.87. The van der Waals surface area contributed by atoms with E-state index in [0.29, 0.717) is 0 Å². The largest absolute Gasteiger partial charge is 0.748 e. The number of hydrogen-bond acceptors (Lipinski definition) is 0. The van der Waals surface area contributed by atoms with Gasteiger partial charge in [-0.2, -0.15) is 17.7 Å². The fraction of sp³-hybridized carbons (Fsp3) is 0.444. The normalized spacial score (nSPS) is 11.3. The maximum absolute atomic E-state index is 2.40. The van der Waals surface area contributed by atoms with Crippen LogP contribution in [0.15, 0.2) is 48.5 Å². The van der Waals surface area contributed by atoms with Crippen molar-refractivity contribution >= 4 is 16.1 Å². The molecular formula is C18H30FeSi2-6. The van der Waals surface area contributed by atoms with Crippen molar-refractivity contribution in [1.29, 1.82) is 0 Å². The molecule has 0 spiro atoms. The molecular weight excluding hydrogens is 328 g/mol. The van der Waals surface area contributed by atoms with E-state index in [1.54, 1.807) is 0 Å². The predicted molar refractivity (Wildman–Crippen MR) is 98.2 cm³/mol. The van der Waals surface area contributed by atoms with Crippen molar-refractivity contribution in [1.82, 2.24) is 0 Å². The van der Waals surface area contributed by atoms with Crippen molar-refractivity contribution in [2.24, 2.45) is 0 Å². The Morgan fingerprint density at radius 2 is 1.19 bits per heavy atom. The topological polar surface area (TPSA) is 0 Å². The van der Waals surface area contributed by atoms with Gasteiger partial charge in [0.15, 0.2) is 0 Å². The van der Waals surface area contributed by atoms with Crippen LogP contribution in [0.4, 0.5) is 0 Å². The monoisotopic (exact) mass is 358 g/mol. The molecule has 0 nitrogen and oxygen atoms in total. The van der Waals surface area contributed by atoms with E-state index in [1.807, 2.05) is 0 Å². The molecule has 0 unspecified atom stereocenters. The minimum absolute atomic E-state index is 0. The van der Waals surface area contributed by atoms with E-state index in [9.17, 15) is 0 Å². The fourth-order valence-corrected chi connectivity index (χ4v) is 5.21. The second kappa shape index (κ2) is 8.94. The van der Waals surface area contributed by atoms with E-state index in [1.165, 1.54) is 23.2 Å². The summed E-state index contributed by atoms with van der Waals surface area (Å²) in [6.07, 6.45) is 0. The molecule has 21 heavy (non-hydrogen) atoms. The first kappa shape index (κ1) is 20.7. The van der Waals surface area contributed by atoms with Crippen LogP contribution < -0.4 is 0 Å². The van der Waals surface area contributed by atoms with Crippen LogP contribution >= 0.6 is 0 Å². The summed E-state index contributed by atoms with van der Waals surface area (Å²) in [7, 11) is -1.72. The molecule has 2 rings (SSSR count). The Hall–Kier alpha value is -0.347. The predicted octanol–water partition coefficient (Wildman–Crippen LogP) is 5.65. The molecule has 0 fully saturated rings. The summed E-state index contributed by atoms with van der Waals surface area (Å²) in [5.41, 5.74) is 3.03. The van der Waals surface area contributed by atoms with Crippen LogP contribution in [0.25, 0.3) is 0 Å². The van der Waals surface area contributed by atoms with Crippen LogP contribution in [0.3, 0.4) is 0 Å². The van der Waals surface area contributed by atoms with Crippen molar-refractivity contribution < 1.29 is 17.1 Å². The van der Waals surface area contributed by atoms with Gasteiger partial charge in [0, 0.05) is 33.2 Å². The molecule has 2 aromatic rings. The molecule has 0 saturated carbocycles. The molecule has 124 valence electrons. The summed E-state index contributed by atoms with van der Waals surface area (Å²) in [4.78, 5) is 0. The zero-order valence-corrected chi connectivity index (χ0v) is 17.5. The Labute approximate surface area is 144 Å². The SMILES string of the molecule is C[Si](C)(C)C[c-]1[cH-][cH-][cH-][cH-]1.C[Si](C)(C)C[c-]1cccc1.[Fe]. The third kappa shape index (κ3) is 10.9. The van der Waals surface area contributed by atoms with E-state index < -0.39 is 16.1 Å². The van der Waals surface area contributed by atoms with Crippen LogP contribution in [0.5, 0.6) is 0 Å². The van der Waals surface area contributed by atoms with Crippen molar-refractivity contribution in [3.8, 4) is 0 Å². The fourth-order valence-electron chi connectivity index (χ4n) is 2.29. The van der Waals surface area contributed by atoms with Gasteiger partial charge in [0.1, 0.15) is 0 Å². The molecule has 0 aliphatic rings. The summed E-state index contributed by atoms with van der Waals surface area (Å²) in [6, 6.07) is 20.0. The van der Waals surface area contributed by atoms with Crippen LogP contribution in [0.2, 0.25) is 39.3 Å². The average Bonchev–Trinajstić information content (AvgIpc) is 2.87. The summed E-state index contributed by atoms with van der Waals surface area (Å²) in [5.74, 6) is 0. The van der Waals surface area contributed by atoms with Gasteiger partial charge in [-0.15, -0.1) is 0 Å². The molecule has 0 saturated heterocycles. The van der Waals surface area contributed by atoms with Gasteiger partial charge >= 0.3 is 0 Å². The standard InChI is InChI=1S/2C9H15Si.Fe/c2*1-10(2,3)8-9-6-4-5-7-9;/h2*4-7H,8H2,1-3H3;/q-5;-1;. The second-order valence-electron chi connectivity index (χ2n) is 8.06. The van der Waals surface area contributed by atoms with Gasteiger partial charge in [-0.3, -0.25) is 0 Å². The van der Waals surface area contributed by atoms with Crippen molar-refractivity contribution in [3.63, 3.8) is 0 Å². The molecule has 0 bridgehead atoms. The van der Waals surface area contributed by atoms with E-state index in [2.05, 4.69) is 87.8 Å². The molecule has 2 aromatic carbocycles. The maximum atomic E-state index is 2.40. The molecule has 0 atom stereocenters. The first-order valence-corrected chi connectivity index (χ1v) is 15.0. The Kier molecular flexibility index (Phi) is 8.79. The molecule has 0 amide bonds. The average molecular weight is 358 g/mol. The Bertz CT molecular complexity index is 410. The van der Waals surface area contributed by atoms with Gasteiger partial charge in [0.2, 0.25) is 0 Å². The summed E-state index contributed by atoms with van der Waals surface area (Å²) in [5, 5.41) is 0. The second-order valence-corrected chi connectivity index (χ2v) is 19.0. The van der Waals surface area contributed by atoms with Crippen LogP contribution in [0, 0.1) is 0 Å². The van der Waals surface area contributed by atoms with E-state index in [-0.39, 0.29) is 17.1 Å². The first-order valence-electron chi connectivity index (χ1n) is 7.57. The molecule has 0 aliphatic heterocycles. The van der Waals surface area contributed by atoms with Gasteiger partial charge in [-0.25, -0.2) is 18.2 Å². The van der Waals surface area contributed by atoms with Gasteiger partial charge < -0.3 is 29.8 Å². The Balaban J connectivity index is 0.000000364. The zero-order valence-electron chi connectivity index (χ0n) is 14.4. The first-order chi connectivity index (χ1) is 9.16. The number of hydrogen-bond donors (Lipinski definition) is 0. The van der Waals surface area contributed by atoms with E-state index >= 15 is 0 Å². The van der Waals surface area contributed by atoms with Gasteiger partial charge in [0.05, 0.1) is 0 Å². The third-order valence-electron chi connectivity index (χ3n) is 2.93. The molecule has 0 aromatic heterocycles. The maximum Gasteiger partial charge on any atom is 0.0371 e. The Morgan fingerprint density at radius 3 is 1.57 bits per heavy atom. The van der Waals surface area contributed by atoms with Crippen molar-refractivity contribution in [3.05, 3.63) is 59.7 Å². The summed E-state index contributed by atoms with van der Waals surface area (Å²) >= 11 is 0. The quantitative estimate of drug-likeness (QED) is 0.489. The van der Waals surface area contributed by atoms with Gasteiger partial charge in [-0.05, 0) is 0 Å². The van der Waals surface area contributed by atoms with Crippen LogP contribution in [-0.2, 0) is 29.2 Å². The smallest absolute Gasteiger partial charge is 0.0371 e. The van der Waals surface area contributed by atoms with Crippen LogP contribution in [0.1, 0.15) is 11.1 Å². The molecule has 0 aliphatic carbocycles. The zero-order chi connectivity index (χ0) is 15.2.